The van der Waals surface area contributed by atoms with Crippen LogP contribution in [0.15, 0.2) is 71.8 Å². The maximum atomic E-state index is 11.9. The van der Waals surface area contributed by atoms with Crippen molar-refractivity contribution in [1.29, 1.82) is 0 Å². The molecule has 0 unspecified atom stereocenters. The summed E-state index contributed by atoms with van der Waals surface area (Å²) in [6.45, 7) is 2.54. The highest BCUT2D eigenvalue weighted by Crippen LogP contribution is 2.31. The van der Waals surface area contributed by atoms with E-state index in [0.29, 0.717) is 39.4 Å². The number of urea groups is 1. The first-order chi connectivity index (χ1) is 15.1. The van der Waals surface area contributed by atoms with E-state index in [0.717, 1.165) is 5.56 Å². The van der Waals surface area contributed by atoms with Gasteiger partial charge in [0.05, 0.1) is 12.8 Å². The molecule has 0 atom stereocenters. The maximum Gasteiger partial charge on any atom is 0.339 e. The number of carbonyl (C=O) groups is 1. The van der Waals surface area contributed by atoms with Crippen LogP contribution in [0.5, 0.6) is 11.5 Å². The molecule has 2 N–H and O–H groups in total. The number of amides is 2. The summed E-state index contributed by atoms with van der Waals surface area (Å²) in [5.41, 5.74) is 4.53. The zero-order valence-corrected chi connectivity index (χ0v) is 18.3. The van der Waals surface area contributed by atoms with E-state index >= 15 is 0 Å². The molecule has 0 saturated heterocycles. The molecule has 31 heavy (non-hydrogen) atoms. The van der Waals surface area contributed by atoms with E-state index in [4.69, 9.17) is 32.7 Å². The number of nitrogens with one attached hydrogen (secondary N) is 2. The molecule has 0 aliphatic rings. The average Bonchev–Trinajstić information content (AvgIpc) is 2.75. The first-order valence-corrected chi connectivity index (χ1v) is 10.3. The molecular weight excluding hydrogens is 437 g/mol. The number of carbonyl (C=O) groups excluding carboxylic acids is 1. The number of hydrogen-bond donors (Lipinski definition) is 2. The lowest BCUT2D eigenvalue weighted by molar-refractivity contribution is 0.252. The fourth-order valence-corrected chi connectivity index (χ4v) is 3.17. The van der Waals surface area contributed by atoms with Crippen molar-refractivity contribution in [2.75, 3.05) is 11.9 Å². The Bertz CT molecular complexity index is 1040. The molecule has 8 heteroatoms. The standard InChI is InChI=1S/C23H21Cl2N3O3/c1-2-30-22-13-16(14-26-28-23(29)27-17-7-4-3-5-8-17)11-12-21(22)31-15-18-19(24)9-6-10-20(18)25/h3-14H,2,15H2,1H3,(H2,27,28,29)/b26-14+. The van der Waals surface area contributed by atoms with Gasteiger partial charge in [0.25, 0.3) is 0 Å². The monoisotopic (exact) mass is 457 g/mol. The van der Waals surface area contributed by atoms with Gasteiger partial charge >= 0.3 is 6.03 Å². The maximum absolute atomic E-state index is 11.9. The van der Waals surface area contributed by atoms with Crippen molar-refractivity contribution in [1.82, 2.24) is 5.43 Å². The van der Waals surface area contributed by atoms with E-state index in [-0.39, 0.29) is 6.61 Å². The normalized spacial score (nSPS) is 10.7. The van der Waals surface area contributed by atoms with Gasteiger partial charge in [-0.1, -0.05) is 47.5 Å². The van der Waals surface area contributed by atoms with Crippen molar-refractivity contribution < 1.29 is 14.3 Å². The van der Waals surface area contributed by atoms with Crippen molar-refractivity contribution in [2.45, 2.75) is 13.5 Å². The van der Waals surface area contributed by atoms with Gasteiger partial charge < -0.3 is 14.8 Å². The molecular formula is C23H21Cl2N3O3. The Morgan fingerprint density at radius 2 is 1.71 bits per heavy atom. The van der Waals surface area contributed by atoms with Gasteiger partial charge in [-0.05, 0) is 55.0 Å². The zero-order valence-electron chi connectivity index (χ0n) is 16.8. The van der Waals surface area contributed by atoms with Crippen molar-refractivity contribution in [3.63, 3.8) is 0 Å². The number of hydrogen-bond acceptors (Lipinski definition) is 4. The van der Waals surface area contributed by atoms with Crippen molar-refractivity contribution >= 4 is 41.1 Å². The van der Waals surface area contributed by atoms with Gasteiger partial charge in [-0.3, -0.25) is 0 Å². The summed E-state index contributed by atoms with van der Waals surface area (Å²) < 4.78 is 11.6. The van der Waals surface area contributed by atoms with Crippen LogP contribution in [-0.2, 0) is 6.61 Å². The Balaban J connectivity index is 1.64. The molecule has 160 valence electrons. The number of halogens is 2. The van der Waals surface area contributed by atoms with Gasteiger partial charge in [0.15, 0.2) is 11.5 Å². The van der Waals surface area contributed by atoms with E-state index in [1.165, 1.54) is 6.21 Å². The number of nitrogens with zero attached hydrogens (tertiary/aromatic N) is 1. The second-order valence-electron chi connectivity index (χ2n) is 6.32. The molecule has 0 radical (unpaired) electrons. The smallest absolute Gasteiger partial charge is 0.339 e. The summed E-state index contributed by atoms with van der Waals surface area (Å²) in [7, 11) is 0. The Morgan fingerprint density at radius 1 is 0.968 bits per heavy atom. The molecule has 0 heterocycles. The summed E-state index contributed by atoms with van der Waals surface area (Å²) in [5.74, 6) is 1.09. The van der Waals surface area contributed by atoms with Crippen molar-refractivity contribution in [3.8, 4) is 11.5 Å². The minimum absolute atomic E-state index is 0.202. The minimum Gasteiger partial charge on any atom is -0.490 e. The molecule has 0 spiro atoms. The third-order valence-electron chi connectivity index (χ3n) is 4.11. The molecule has 3 aromatic rings. The molecule has 0 aromatic heterocycles. The predicted molar refractivity (Wildman–Crippen MR) is 125 cm³/mol. The van der Waals surface area contributed by atoms with E-state index in [1.807, 2.05) is 25.1 Å². The lowest BCUT2D eigenvalue weighted by Crippen LogP contribution is -2.24. The Labute approximate surface area is 190 Å². The van der Waals surface area contributed by atoms with E-state index in [1.54, 1.807) is 48.5 Å². The topological polar surface area (TPSA) is 72.0 Å². The van der Waals surface area contributed by atoms with E-state index < -0.39 is 6.03 Å². The molecule has 0 saturated carbocycles. The molecule has 6 nitrogen and oxygen atoms in total. The fourth-order valence-electron chi connectivity index (χ4n) is 2.66. The van der Waals surface area contributed by atoms with E-state index in [9.17, 15) is 4.79 Å². The highest BCUT2D eigenvalue weighted by Gasteiger charge is 2.10. The molecule has 0 bridgehead atoms. The van der Waals surface area contributed by atoms with E-state index in [2.05, 4.69) is 15.8 Å². The van der Waals surface area contributed by atoms with Gasteiger partial charge in [-0.25, -0.2) is 10.2 Å². The molecule has 3 rings (SSSR count). The predicted octanol–water partition coefficient (Wildman–Crippen LogP) is 6.13. The Hall–Kier alpha value is -3.22. The minimum atomic E-state index is -0.441. The quantitative estimate of drug-likeness (QED) is 0.315. The second kappa shape index (κ2) is 11.2. The van der Waals surface area contributed by atoms with Crippen LogP contribution < -0.4 is 20.2 Å². The summed E-state index contributed by atoms with van der Waals surface area (Å²) in [6.07, 6.45) is 1.52. The fraction of sp³-hybridized carbons (Fsp3) is 0.130. The molecule has 0 fully saturated rings. The van der Waals surface area contributed by atoms with Crippen LogP contribution in [0.4, 0.5) is 10.5 Å². The second-order valence-corrected chi connectivity index (χ2v) is 7.13. The van der Waals surface area contributed by atoms with Gasteiger partial charge in [0.1, 0.15) is 6.61 Å². The van der Waals surface area contributed by atoms with Crippen LogP contribution in [0, 0.1) is 0 Å². The van der Waals surface area contributed by atoms with Crippen LogP contribution in [0.3, 0.4) is 0 Å². The number of para-hydroxylation sites is 1. The summed E-state index contributed by atoms with van der Waals surface area (Å²) >= 11 is 12.4. The Morgan fingerprint density at radius 3 is 2.42 bits per heavy atom. The highest BCUT2D eigenvalue weighted by molar-refractivity contribution is 6.35. The van der Waals surface area contributed by atoms with Crippen LogP contribution in [0.2, 0.25) is 10.0 Å². The van der Waals surface area contributed by atoms with Crippen LogP contribution in [0.25, 0.3) is 0 Å². The van der Waals surface area contributed by atoms with Crippen molar-refractivity contribution in [3.05, 3.63) is 87.9 Å². The number of anilines is 1. The molecule has 0 aliphatic carbocycles. The molecule has 2 amide bonds. The summed E-state index contributed by atoms with van der Waals surface area (Å²) in [6, 6.07) is 19.3. The van der Waals surface area contributed by atoms with Crippen LogP contribution in [-0.4, -0.2) is 18.9 Å². The van der Waals surface area contributed by atoms with Crippen LogP contribution >= 0.6 is 23.2 Å². The van der Waals surface area contributed by atoms with Gasteiger partial charge in [-0.15, -0.1) is 0 Å². The largest absolute Gasteiger partial charge is 0.490 e. The lowest BCUT2D eigenvalue weighted by Gasteiger charge is -2.14. The van der Waals surface area contributed by atoms with Gasteiger partial charge in [0, 0.05) is 21.3 Å². The number of hydrazone groups is 1. The average molecular weight is 458 g/mol. The lowest BCUT2D eigenvalue weighted by atomic mass is 10.2. The highest BCUT2D eigenvalue weighted by atomic mass is 35.5. The zero-order chi connectivity index (χ0) is 22.1. The van der Waals surface area contributed by atoms with Gasteiger partial charge in [0.2, 0.25) is 0 Å². The van der Waals surface area contributed by atoms with Gasteiger partial charge in [-0.2, -0.15) is 5.10 Å². The number of rotatable bonds is 8. The van der Waals surface area contributed by atoms with Crippen LogP contribution in [0.1, 0.15) is 18.1 Å². The SMILES string of the molecule is CCOc1cc(/C=N/NC(=O)Nc2ccccc2)ccc1OCc1c(Cl)cccc1Cl. The summed E-state index contributed by atoms with van der Waals surface area (Å²) in [5, 5.41) is 7.72. The molecule has 3 aromatic carbocycles. The number of ether oxygens (including phenoxy) is 2. The third-order valence-corrected chi connectivity index (χ3v) is 4.82. The van der Waals surface area contributed by atoms with Crippen molar-refractivity contribution in [2.24, 2.45) is 5.10 Å². The first-order valence-electron chi connectivity index (χ1n) is 9.54. The molecule has 0 aliphatic heterocycles. The third kappa shape index (κ3) is 6.64. The number of benzene rings is 3. The summed E-state index contributed by atoms with van der Waals surface area (Å²) in [4.78, 5) is 11.9. The first kappa shape index (κ1) is 22.5. The Kier molecular flexibility index (Phi) is 8.15.